The lowest BCUT2D eigenvalue weighted by atomic mass is 9.82. The van der Waals surface area contributed by atoms with Gasteiger partial charge in [-0.25, -0.2) is 4.79 Å². The van der Waals surface area contributed by atoms with Crippen molar-refractivity contribution in [1.29, 1.82) is 0 Å². The van der Waals surface area contributed by atoms with Crippen molar-refractivity contribution in [2.45, 2.75) is 110 Å². The van der Waals surface area contributed by atoms with Crippen LogP contribution in [-0.4, -0.2) is 33.3 Å². The highest BCUT2D eigenvalue weighted by Crippen LogP contribution is 2.40. The van der Waals surface area contributed by atoms with Gasteiger partial charge in [0, 0.05) is 11.1 Å². The number of hydroxylamine groups is 2. The summed E-state index contributed by atoms with van der Waals surface area (Å²) in [6.07, 6.45) is 3.46. The molecule has 1 rings (SSSR count). The Labute approximate surface area is 141 Å². The molecule has 1 heterocycles. The van der Waals surface area contributed by atoms with E-state index in [0.717, 1.165) is 12.8 Å². The monoisotopic (exact) mass is 329 g/mol. The summed E-state index contributed by atoms with van der Waals surface area (Å²) in [6, 6.07) is 0. The molecule has 5 nitrogen and oxygen atoms in total. The summed E-state index contributed by atoms with van der Waals surface area (Å²) in [5.41, 5.74) is -1.31. The molecule has 0 atom stereocenters. The van der Waals surface area contributed by atoms with Crippen LogP contribution in [0.1, 0.15) is 88.0 Å². The Balaban J connectivity index is 2.70. The maximum atomic E-state index is 12.0. The summed E-state index contributed by atoms with van der Waals surface area (Å²) in [5.74, 6) is -0.419. The Kier molecular flexibility index (Phi) is 5.93. The van der Waals surface area contributed by atoms with Crippen LogP contribution in [0.2, 0.25) is 0 Å². The Morgan fingerprint density at radius 2 is 1.48 bits per heavy atom. The first kappa shape index (κ1) is 20.4. The highest BCUT2D eigenvalue weighted by molar-refractivity contribution is 5.69. The van der Waals surface area contributed by atoms with Gasteiger partial charge in [0.1, 0.15) is 5.60 Å². The molecular formula is C18H35NO4. The molecule has 5 heteroatoms. The molecule has 0 aromatic rings. The summed E-state index contributed by atoms with van der Waals surface area (Å²) in [7, 11) is 0. The van der Waals surface area contributed by atoms with Crippen molar-refractivity contribution < 1.29 is 19.4 Å². The predicted octanol–water partition coefficient (Wildman–Crippen LogP) is 4.40. The summed E-state index contributed by atoms with van der Waals surface area (Å²) < 4.78 is 0. The number of carbonyl (C=O) groups is 1. The first-order chi connectivity index (χ1) is 10.1. The van der Waals surface area contributed by atoms with E-state index < -0.39 is 17.2 Å². The predicted molar refractivity (Wildman–Crippen MR) is 90.6 cm³/mol. The molecule has 0 aromatic heterocycles. The van der Waals surface area contributed by atoms with Crippen LogP contribution in [0.5, 0.6) is 0 Å². The molecule has 0 aliphatic carbocycles. The van der Waals surface area contributed by atoms with Crippen LogP contribution in [0.3, 0.4) is 0 Å². The Morgan fingerprint density at radius 1 is 1.00 bits per heavy atom. The quantitative estimate of drug-likeness (QED) is 0.552. The summed E-state index contributed by atoms with van der Waals surface area (Å²) in [6.45, 7) is 18.1. The zero-order chi connectivity index (χ0) is 18.1. The minimum absolute atomic E-state index is 0.0646. The lowest BCUT2D eigenvalue weighted by Gasteiger charge is -2.53. The average Bonchev–Trinajstić information content (AvgIpc) is 2.30. The van der Waals surface area contributed by atoms with Crippen molar-refractivity contribution in [3.8, 4) is 0 Å². The molecule has 136 valence electrons. The third kappa shape index (κ3) is 6.40. The van der Waals surface area contributed by atoms with E-state index in [1.54, 1.807) is 0 Å². The topological polar surface area (TPSA) is 48.0 Å². The second-order valence-corrected chi connectivity index (χ2v) is 9.45. The van der Waals surface area contributed by atoms with Crippen molar-refractivity contribution in [2.24, 2.45) is 0 Å². The lowest BCUT2D eigenvalue weighted by molar-refractivity contribution is -0.341. The van der Waals surface area contributed by atoms with Gasteiger partial charge in [-0.05, 0) is 81.6 Å². The van der Waals surface area contributed by atoms with Gasteiger partial charge in [0.2, 0.25) is 0 Å². The molecule has 0 spiro atoms. The fourth-order valence-electron chi connectivity index (χ4n) is 3.05. The fourth-order valence-corrected chi connectivity index (χ4v) is 3.05. The second kappa shape index (κ2) is 6.69. The smallest absolute Gasteiger partial charge is 0.298 e. The van der Waals surface area contributed by atoms with Gasteiger partial charge < -0.3 is 0 Å². The fraction of sp³-hybridized carbons (Fsp3) is 0.944. The van der Waals surface area contributed by atoms with E-state index in [4.69, 9.17) is 14.6 Å². The molecule has 1 fully saturated rings. The van der Waals surface area contributed by atoms with Gasteiger partial charge in [0.05, 0.1) is 12.0 Å². The normalized spacial score (nSPS) is 22.0. The highest BCUT2D eigenvalue weighted by Gasteiger charge is 2.45. The van der Waals surface area contributed by atoms with Crippen LogP contribution >= 0.6 is 0 Å². The second-order valence-electron chi connectivity index (χ2n) is 9.45. The van der Waals surface area contributed by atoms with Crippen LogP contribution < -0.4 is 0 Å². The number of nitrogens with zero attached hydrogens (tertiary/aromatic N) is 1. The molecular weight excluding hydrogens is 294 g/mol. The van der Waals surface area contributed by atoms with Gasteiger partial charge in [-0.3, -0.25) is 9.73 Å². The van der Waals surface area contributed by atoms with Gasteiger partial charge in [0.15, 0.2) is 0 Å². The largest absolute Gasteiger partial charge is 0.345 e. The Morgan fingerprint density at radius 3 is 1.91 bits per heavy atom. The maximum Gasteiger partial charge on any atom is 0.345 e. The highest BCUT2D eigenvalue weighted by atomic mass is 17.2. The van der Waals surface area contributed by atoms with Gasteiger partial charge in [-0.1, -0.05) is 0 Å². The maximum absolute atomic E-state index is 12.0. The lowest BCUT2D eigenvalue weighted by Crippen LogP contribution is -2.60. The third-order valence-electron chi connectivity index (χ3n) is 3.97. The molecule has 0 unspecified atom stereocenters. The van der Waals surface area contributed by atoms with Gasteiger partial charge in [0.25, 0.3) is 0 Å². The van der Waals surface area contributed by atoms with Crippen LogP contribution in [0, 0.1) is 0 Å². The summed E-state index contributed by atoms with van der Waals surface area (Å²) in [5, 5.41) is 2.07. The molecule has 0 aromatic carbocycles. The van der Waals surface area contributed by atoms with Gasteiger partial charge >= 0.3 is 5.97 Å². The Bertz CT molecular complexity index is 405. The minimum Gasteiger partial charge on any atom is -0.298 e. The van der Waals surface area contributed by atoms with Crippen molar-refractivity contribution >= 4 is 5.97 Å². The molecule has 23 heavy (non-hydrogen) atoms. The van der Waals surface area contributed by atoms with Crippen molar-refractivity contribution in [2.75, 3.05) is 0 Å². The van der Waals surface area contributed by atoms with Crippen molar-refractivity contribution in [1.82, 2.24) is 5.06 Å². The van der Waals surface area contributed by atoms with E-state index in [1.807, 2.05) is 34.6 Å². The van der Waals surface area contributed by atoms with Gasteiger partial charge in [-0.2, -0.15) is 9.95 Å². The Hall–Kier alpha value is -0.650. The summed E-state index contributed by atoms with van der Waals surface area (Å²) >= 11 is 0. The molecule has 1 saturated heterocycles. The molecule has 0 radical (unpaired) electrons. The molecule has 1 aliphatic heterocycles. The molecule has 1 aliphatic rings. The van der Waals surface area contributed by atoms with E-state index in [2.05, 4.69) is 32.8 Å². The minimum atomic E-state index is -0.662. The number of carbonyl (C=O) groups excluding carboxylic acids is 1. The molecule has 0 saturated carbocycles. The van der Waals surface area contributed by atoms with E-state index >= 15 is 0 Å². The van der Waals surface area contributed by atoms with Crippen molar-refractivity contribution in [3.63, 3.8) is 0 Å². The first-order valence-electron chi connectivity index (χ1n) is 8.53. The van der Waals surface area contributed by atoms with Crippen LogP contribution in [0.25, 0.3) is 0 Å². The van der Waals surface area contributed by atoms with Crippen LogP contribution in [0.4, 0.5) is 0 Å². The van der Waals surface area contributed by atoms with E-state index in [0.29, 0.717) is 0 Å². The van der Waals surface area contributed by atoms with Crippen LogP contribution in [-0.2, 0) is 19.4 Å². The molecule has 0 N–H and O–H groups in total. The zero-order valence-electron chi connectivity index (χ0n) is 16.4. The van der Waals surface area contributed by atoms with Crippen LogP contribution in [0.15, 0.2) is 0 Å². The van der Waals surface area contributed by atoms with E-state index in [1.165, 1.54) is 6.42 Å². The number of rotatable bonds is 5. The number of piperidine rings is 1. The first-order valence-corrected chi connectivity index (χ1v) is 8.53. The van der Waals surface area contributed by atoms with E-state index in [9.17, 15) is 4.79 Å². The number of hydrogen-bond donors (Lipinski definition) is 0. The molecule has 0 bridgehead atoms. The standard InChI is InChI=1S/C18H35NO4/c1-15(2,3)23-21-14(20)13-18(8,9)22-19-16(4,5)11-10-12-17(19,6)7/h10-13H2,1-9H3. The van der Waals surface area contributed by atoms with Gasteiger partial charge in [-0.15, -0.1) is 0 Å². The SMILES string of the molecule is CC(C)(C)OOC(=O)CC(C)(C)ON1C(C)(C)CCCC1(C)C. The van der Waals surface area contributed by atoms with Crippen molar-refractivity contribution in [3.05, 3.63) is 0 Å². The zero-order valence-corrected chi connectivity index (χ0v) is 16.4. The van der Waals surface area contributed by atoms with E-state index in [-0.39, 0.29) is 17.5 Å². The number of hydrogen-bond acceptors (Lipinski definition) is 5. The summed E-state index contributed by atoms with van der Waals surface area (Å²) in [4.78, 5) is 28.3. The third-order valence-corrected chi connectivity index (χ3v) is 3.97. The average molecular weight is 329 g/mol. The molecule has 0 amide bonds.